The molecular formula is C15H20N2O. The van der Waals surface area contributed by atoms with Crippen LogP contribution in [0.4, 0.5) is 0 Å². The molecule has 1 atom stereocenters. The maximum atomic E-state index is 5.76. The highest BCUT2D eigenvalue weighted by Gasteiger charge is 2.14. The summed E-state index contributed by atoms with van der Waals surface area (Å²) < 4.78 is 7.99. The second-order valence-electron chi connectivity index (χ2n) is 5.14. The zero-order chi connectivity index (χ0) is 12.5. The summed E-state index contributed by atoms with van der Waals surface area (Å²) in [7, 11) is 2.12. The highest BCUT2D eigenvalue weighted by Crippen LogP contribution is 2.21. The van der Waals surface area contributed by atoms with E-state index in [2.05, 4.69) is 48.1 Å². The lowest BCUT2D eigenvalue weighted by Gasteiger charge is -2.23. The third-order valence-corrected chi connectivity index (χ3v) is 3.81. The summed E-state index contributed by atoms with van der Waals surface area (Å²) in [4.78, 5) is 0. The predicted molar refractivity (Wildman–Crippen MR) is 74.0 cm³/mol. The average Bonchev–Trinajstić information content (AvgIpc) is 2.66. The Labute approximate surface area is 108 Å². The van der Waals surface area contributed by atoms with E-state index in [9.17, 15) is 0 Å². The number of hydrogen-bond acceptors (Lipinski definition) is 2. The molecule has 1 unspecified atom stereocenters. The highest BCUT2D eigenvalue weighted by atomic mass is 16.5. The first-order valence-corrected chi connectivity index (χ1v) is 6.61. The summed E-state index contributed by atoms with van der Waals surface area (Å²) in [5.74, 6) is 0. The predicted octanol–water partition coefficient (Wildman–Crippen LogP) is 2.02. The number of morpholine rings is 1. The molecule has 1 aromatic heterocycles. The van der Waals surface area contributed by atoms with E-state index in [1.165, 1.54) is 22.2 Å². The molecule has 1 aromatic carbocycles. The zero-order valence-electron chi connectivity index (χ0n) is 11.1. The molecule has 96 valence electrons. The molecule has 0 spiro atoms. The molecule has 1 saturated heterocycles. The largest absolute Gasteiger partial charge is 0.375 e. The standard InChI is InChI=1S/C15H20N2O/c1-11-7-13-8-12(3-4-15(13)17(11)2)9-14-10-16-5-6-18-14/h3-4,7-8,14,16H,5-6,9-10H2,1-2H3. The fourth-order valence-corrected chi connectivity index (χ4v) is 2.68. The molecule has 1 aliphatic heterocycles. The molecule has 0 saturated carbocycles. The molecule has 1 N–H and O–H groups in total. The van der Waals surface area contributed by atoms with Gasteiger partial charge in [-0.25, -0.2) is 0 Å². The summed E-state index contributed by atoms with van der Waals surface area (Å²) in [5.41, 5.74) is 3.97. The number of nitrogens with zero attached hydrogens (tertiary/aromatic N) is 1. The van der Waals surface area contributed by atoms with Crippen molar-refractivity contribution < 1.29 is 4.74 Å². The van der Waals surface area contributed by atoms with Crippen LogP contribution in [0, 0.1) is 6.92 Å². The van der Waals surface area contributed by atoms with Gasteiger partial charge in [0.2, 0.25) is 0 Å². The molecule has 3 nitrogen and oxygen atoms in total. The van der Waals surface area contributed by atoms with Crippen molar-refractivity contribution in [1.29, 1.82) is 0 Å². The lowest BCUT2D eigenvalue weighted by molar-refractivity contribution is 0.0292. The molecule has 3 rings (SSSR count). The fraction of sp³-hybridized carbons (Fsp3) is 0.467. The van der Waals surface area contributed by atoms with Crippen molar-refractivity contribution in [2.45, 2.75) is 19.4 Å². The molecule has 1 aliphatic rings. The topological polar surface area (TPSA) is 26.2 Å². The maximum Gasteiger partial charge on any atom is 0.0740 e. The van der Waals surface area contributed by atoms with Gasteiger partial charge in [-0.05, 0) is 37.1 Å². The quantitative estimate of drug-likeness (QED) is 0.874. The number of benzene rings is 1. The third-order valence-electron chi connectivity index (χ3n) is 3.81. The van der Waals surface area contributed by atoms with Gasteiger partial charge >= 0.3 is 0 Å². The zero-order valence-corrected chi connectivity index (χ0v) is 11.1. The Morgan fingerprint density at radius 1 is 1.39 bits per heavy atom. The van der Waals surface area contributed by atoms with Gasteiger partial charge in [0.15, 0.2) is 0 Å². The van der Waals surface area contributed by atoms with E-state index >= 15 is 0 Å². The Bertz CT molecular complexity index is 553. The number of hydrogen-bond donors (Lipinski definition) is 1. The van der Waals surface area contributed by atoms with Crippen LogP contribution in [0.15, 0.2) is 24.3 Å². The molecule has 3 heteroatoms. The van der Waals surface area contributed by atoms with E-state index in [4.69, 9.17) is 4.74 Å². The van der Waals surface area contributed by atoms with Crippen LogP contribution in [0.1, 0.15) is 11.3 Å². The Balaban J connectivity index is 1.84. The smallest absolute Gasteiger partial charge is 0.0740 e. The Kier molecular flexibility index (Phi) is 3.10. The molecular weight excluding hydrogens is 224 g/mol. The van der Waals surface area contributed by atoms with E-state index in [1.54, 1.807) is 0 Å². The fourth-order valence-electron chi connectivity index (χ4n) is 2.68. The maximum absolute atomic E-state index is 5.76. The first kappa shape index (κ1) is 11.8. The van der Waals surface area contributed by atoms with Gasteiger partial charge in [0.1, 0.15) is 0 Å². The Hall–Kier alpha value is -1.32. The summed E-state index contributed by atoms with van der Waals surface area (Å²) in [6, 6.07) is 8.98. The first-order chi connectivity index (χ1) is 8.74. The minimum Gasteiger partial charge on any atom is -0.375 e. The summed E-state index contributed by atoms with van der Waals surface area (Å²) in [6.45, 7) is 4.92. The monoisotopic (exact) mass is 244 g/mol. The van der Waals surface area contributed by atoms with Crippen molar-refractivity contribution in [2.75, 3.05) is 19.7 Å². The third kappa shape index (κ3) is 2.16. The lowest BCUT2D eigenvalue weighted by atomic mass is 10.1. The Morgan fingerprint density at radius 3 is 3.06 bits per heavy atom. The number of aromatic nitrogens is 1. The molecule has 0 radical (unpaired) electrons. The molecule has 1 fully saturated rings. The van der Waals surface area contributed by atoms with Crippen LogP contribution in [0.2, 0.25) is 0 Å². The van der Waals surface area contributed by atoms with Crippen LogP contribution in [-0.4, -0.2) is 30.4 Å². The first-order valence-electron chi connectivity index (χ1n) is 6.61. The minimum absolute atomic E-state index is 0.320. The summed E-state index contributed by atoms with van der Waals surface area (Å²) >= 11 is 0. The van der Waals surface area contributed by atoms with Gasteiger partial charge in [0.25, 0.3) is 0 Å². The van der Waals surface area contributed by atoms with Crippen molar-refractivity contribution in [2.24, 2.45) is 7.05 Å². The molecule has 0 amide bonds. The number of fused-ring (bicyclic) bond motifs is 1. The lowest BCUT2D eigenvalue weighted by Crippen LogP contribution is -2.39. The van der Waals surface area contributed by atoms with Gasteiger partial charge in [0.05, 0.1) is 12.7 Å². The van der Waals surface area contributed by atoms with Gasteiger partial charge in [-0.15, -0.1) is 0 Å². The minimum atomic E-state index is 0.320. The van der Waals surface area contributed by atoms with Crippen LogP contribution in [-0.2, 0) is 18.2 Å². The van der Waals surface area contributed by atoms with Crippen LogP contribution in [0.25, 0.3) is 10.9 Å². The Morgan fingerprint density at radius 2 is 2.28 bits per heavy atom. The molecule has 2 aromatic rings. The highest BCUT2D eigenvalue weighted by molar-refractivity contribution is 5.82. The van der Waals surface area contributed by atoms with Gasteiger partial charge in [-0.1, -0.05) is 6.07 Å². The van der Waals surface area contributed by atoms with Crippen molar-refractivity contribution >= 4 is 10.9 Å². The van der Waals surface area contributed by atoms with E-state index in [-0.39, 0.29) is 0 Å². The molecule has 0 bridgehead atoms. The average molecular weight is 244 g/mol. The van der Waals surface area contributed by atoms with Gasteiger partial charge in [0, 0.05) is 36.7 Å². The summed E-state index contributed by atoms with van der Waals surface area (Å²) in [5, 5.41) is 4.71. The van der Waals surface area contributed by atoms with Gasteiger partial charge < -0.3 is 14.6 Å². The van der Waals surface area contributed by atoms with Crippen molar-refractivity contribution in [3.05, 3.63) is 35.5 Å². The SMILES string of the molecule is Cc1cc2cc(CC3CNCCO3)ccc2n1C. The van der Waals surface area contributed by atoms with Crippen molar-refractivity contribution in [1.82, 2.24) is 9.88 Å². The van der Waals surface area contributed by atoms with Crippen molar-refractivity contribution in [3.63, 3.8) is 0 Å². The number of nitrogens with one attached hydrogen (secondary N) is 1. The molecule has 18 heavy (non-hydrogen) atoms. The second-order valence-corrected chi connectivity index (χ2v) is 5.14. The van der Waals surface area contributed by atoms with Crippen LogP contribution in [0.3, 0.4) is 0 Å². The van der Waals surface area contributed by atoms with Crippen LogP contribution in [0.5, 0.6) is 0 Å². The van der Waals surface area contributed by atoms with E-state index in [0.29, 0.717) is 6.10 Å². The molecule has 0 aliphatic carbocycles. The number of aryl methyl sites for hydroxylation is 2. The van der Waals surface area contributed by atoms with Gasteiger partial charge in [-0.2, -0.15) is 0 Å². The van der Waals surface area contributed by atoms with Crippen LogP contribution >= 0.6 is 0 Å². The van der Waals surface area contributed by atoms with E-state index < -0.39 is 0 Å². The normalized spacial score (nSPS) is 20.4. The van der Waals surface area contributed by atoms with E-state index in [0.717, 1.165) is 26.1 Å². The van der Waals surface area contributed by atoms with E-state index in [1.807, 2.05) is 0 Å². The van der Waals surface area contributed by atoms with Crippen LogP contribution < -0.4 is 5.32 Å². The molecule has 2 heterocycles. The van der Waals surface area contributed by atoms with Gasteiger partial charge in [-0.3, -0.25) is 0 Å². The summed E-state index contributed by atoms with van der Waals surface area (Å²) in [6.07, 6.45) is 1.32. The number of ether oxygens (including phenoxy) is 1. The second kappa shape index (κ2) is 4.75. The number of rotatable bonds is 2. The van der Waals surface area contributed by atoms with Crippen molar-refractivity contribution in [3.8, 4) is 0 Å².